The number of phenols is 1. The van der Waals surface area contributed by atoms with Gasteiger partial charge in [0.15, 0.2) is 0 Å². The van der Waals surface area contributed by atoms with Gasteiger partial charge in [-0.3, -0.25) is 4.90 Å². The molecule has 1 unspecified atom stereocenters. The molecular formula is C32H38ClN3O. The number of benzene rings is 3. The summed E-state index contributed by atoms with van der Waals surface area (Å²) in [5, 5.41) is 10.5. The van der Waals surface area contributed by atoms with Crippen molar-refractivity contribution in [2.24, 2.45) is 0 Å². The van der Waals surface area contributed by atoms with Crippen LogP contribution in [0, 0.1) is 0 Å². The van der Waals surface area contributed by atoms with Crippen LogP contribution in [-0.2, 0) is 19.6 Å². The average Bonchev–Trinajstić information content (AvgIpc) is 3.33. The second-order valence-corrected chi connectivity index (χ2v) is 10.1. The highest BCUT2D eigenvalue weighted by molar-refractivity contribution is 6.31. The fourth-order valence-electron chi connectivity index (χ4n) is 4.92. The fourth-order valence-corrected chi connectivity index (χ4v) is 5.15. The highest BCUT2D eigenvalue weighted by atomic mass is 35.5. The Bertz CT molecular complexity index is 1240. The zero-order chi connectivity index (χ0) is 26.0. The van der Waals surface area contributed by atoms with Crippen molar-refractivity contribution in [1.82, 2.24) is 14.5 Å². The van der Waals surface area contributed by atoms with Gasteiger partial charge in [0.2, 0.25) is 0 Å². The van der Waals surface area contributed by atoms with Crippen molar-refractivity contribution in [3.63, 3.8) is 0 Å². The highest BCUT2D eigenvalue weighted by Gasteiger charge is 2.26. The zero-order valence-electron chi connectivity index (χ0n) is 22.0. The summed E-state index contributed by atoms with van der Waals surface area (Å²) in [4.78, 5) is 7.50. The van der Waals surface area contributed by atoms with Crippen LogP contribution >= 0.6 is 11.6 Å². The number of rotatable bonds is 13. The van der Waals surface area contributed by atoms with E-state index < -0.39 is 0 Å². The first kappa shape index (κ1) is 27.0. The first-order valence-corrected chi connectivity index (χ1v) is 13.8. The Morgan fingerprint density at radius 2 is 1.59 bits per heavy atom. The summed E-state index contributed by atoms with van der Waals surface area (Å²) in [6.07, 6.45) is 7.61. The molecule has 5 heteroatoms. The van der Waals surface area contributed by atoms with E-state index in [0.29, 0.717) is 11.6 Å². The highest BCUT2D eigenvalue weighted by Crippen LogP contribution is 2.34. The monoisotopic (exact) mass is 515 g/mol. The van der Waals surface area contributed by atoms with Gasteiger partial charge in [-0.15, -0.1) is 0 Å². The van der Waals surface area contributed by atoms with Gasteiger partial charge < -0.3 is 9.67 Å². The first-order chi connectivity index (χ1) is 18.1. The van der Waals surface area contributed by atoms with E-state index in [1.54, 1.807) is 12.1 Å². The average molecular weight is 516 g/mol. The van der Waals surface area contributed by atoms with Crippen molar-refractivity contribution >= 4 is 11.6 Å². The minimum absolute atomic E-state index is 0.173. The Balaban J connectivity index is 1.79. The van der Waals surface area contributed by atoms with Crippen LogP contribution in [0.25, 0.3) is 11.4 Å². The molecule has 0 saturated carbocycles. The summed E-state index contributed by atoms with van der Waals surface area (Å²) in [6, 6.07) is 26.6. The molecule has 0 aliphatic rings. The lowest BCUT2D eigenvalue weighted by Gasteiger charge is -2.33. The van der Waals surface area contributed by atoms with E-state index in [1.165, 1.54) is 11.3 Å². The molecule has 0 amide bonds. The van der Waals surface area contributed by atoms with Gasteiger partial charge in [-0.05, 0) is 36.1 Å². The quantitative estimate of drug-likeness (QED) is 0.194. The lowest BCUT2D eigenvalue weighted by atomic mass is 10.0. The Morgan fingerprint density at radius 1 is 0.892 bits per heavy atom. The molecule has 3 aromatic carbocycles. The summed E-state index contributed by atoms with van der Waals surface area (Å²) in [5.74, 6) is 1.23. The third-order valence-corrected chi connectivity index (χ3v) is 7.26. The van der Waals surface area contributed by atoms with E-state index in [2.05, 4.69) is 90.2 Å². The predicted octanol–water partition coefficient (Wildman–Crippen LogP) is 8.64. The number of aromatic hydroxyl groups is 1. The molecule has 0 saturated heterocycles. The number of halogens is 1. The maximum absolute atomic E-state index is 9.93. The van der Waals surface area contributed by atoms with E-state index in [4.69, 9.17) is 16.6 Å². The van der Waals surface area contributed by atoms with Crippen LogP contribution in [0.3, 0.4) is 0 Å². The van der Waals surface area contributed by atoms with Gasteiger partial charge in [-0.2, -0.15) is 0 Å². The first-order valence-electron chi connectivity index (χ1n) is 13.5. The minimum atomic E-state index is 0.173. The minimum Gasteiger partial charge on any atom is -0.508 e. The lowest BCUT2D eigenvalue weighted by Crippen LogP contribution is -2.30. The molecule has 4 aromatic rings. The standard InChI is InChI=1S/C32H38ClN3O/c1-3-5-17-30(31-22-34-32(36(31)20-6-4-2)26-15-11-8-12-16-26)35(23-25-13-9-7-10-14-25)24-27-18-19-28(37)21-29(27)33/h7-16,18-19,21-22,30,37H,3-6,17,20,23-24H2,1-2H3. The summed E-state index contributed by atoms with van der Waals surface area (Å²) in [7, 11) is 0. The van der Waals surface area contributed by atoms with Gasteiger partial charge >= 0.3 is 0 Å². The lowest BCUT2D eigenvalue weighted by molar-refractivity contribution is 0.159. The maximum Gasteiger partial charge on any atom is 0.140 e. The molecule has 4 rings (SSSR count). The molecule has 0 spiro atoms. The normalized spacial score (nSPS) is 12.2. The predicted molar refractivity (Wildman–Crippen MR) is 154 cm³/mol. The van der Waals surface area contributed by atoms with Crippen molar-refractivity contribution in [3.8, 4) is 17.1 Å². The molecule has 0 aliphatic heterocycles. The van der Waals surface area contributed by atoms with Crippen LogP contribution in [-0.4, -0.2) is 19.6 Å². The van der Waals surface area contributed by atoms with Gasteiger partial charge in [0.1, 0.15) is 11.6 Å². The molecule has 1 aromatic heterocycles. The van der Waals surface area contributed by atoms with Crippen molar-refractivity contribution in [3.05, 3.63) is 107 Å². The summed E-state index contributed by atoms with van der Waals surface area (Å²) in [6.45, 7) is 6.91. The largest absolute Gasteiger partial charge is 0.508 e. The van der Waals surface area contributed by atoms with Crippen molar-refractivity contribution < 1.29 is 5.11 Å². The second kappa shape index (κ2) is 13.5. The number of hydrogen-bond acceptors (Lipinski definition) is 3. The number of unbranched alkanes of at least 4 members (excludes halogenated alkanes) is 2. The van der Waals surface area contributed by atoms with Gasteiger partial charge in [-0.25, -0.2) is 4.98 Å². The Hall–Kier alpha value is -3.08. The number of hydrogen-bond donors (Lipinski definition) is 1. The molecule has 0 aliphatic carbocycles. The van der Waals surface area contributed by atoms with Gasteiger partial charge in [0.05, 0.1) is 17.9 Å². The van der Waals surface area contributed by atoms with Crippen molar-refractivity contribution in [2.75, 3.05) is 0 Å². The molecule has 37 heavy (non-hydrogen) atoms. The van der Waals surface area contributed by atoms with E-state index in [0.717, 1.165) is 62.1 Å². The Kier molecular flexibility index (Phi) is 9.81. The van der Waals surface area contributed by atoms with Crippen LogP contribution in [0.1, 0.15) is 68.8 Å². The molecule has 0 bridgehead atoms. The second-order valence-electron chi connectivity index (χ2n) is 9.70. The molecule has 1 N–H and O–H groups in total. The fraction of sp³-hybridized carbons (Fsp3) is 0.344. The Labute approximate surface area is 226 Å². The van der Waals surface area contributed by atoms with Crippen LogP contribution in [0.4, 0.5) is 0 Å². The van der Waals surface area contributed by atoms with E-state index in [9.17, 15) is 5.11 Å². The Morgan fingerprint density at radius 3 is 2.27 bits per heavy atom. The van der Waals surface area contributed by atoms with Gasteiger partial charge in [-0.1, -0.05) is 111 Å². The smallest absolute Gasteiger partial charge is 0.140 e. The molecule has 1 heterocycles. The SMILES string of the molecule is CCCCC(c1cnc(-c2ccccc2)n1CCCC)N(Cc1ccccc1)Cc1ccc(O)cc1Cl. The molecular weight excluding hydrogens is 478 g/mol. The summed E-state index contributed by atoms with van der Waals surface area (Å²) < 4.78 is 2.44. The number of aromatic nitrogens is 2. The molecule has 1 atom stereocenters. The topological polar surface area (TPSA) is 41.3 Å². The van der Waals surface area contributed by atoms with Crippen LogP contribution < -0.4 is 0 Å². The summed E-state index contributed by atoms with van der Waals surface area (Å²) >= 11 is 6.61. The van der Waals surface area contributed by atoms with Gasteiger partial charge in [0.25, 0.3) is 0 Å². The third-order valence-electron chi connectivity index (χ3n) is 6.91. The van der Waals surface area contributed by atoms with Gasteiger partial charge in [0, 0.05) is 30.2 Å². The molecule has 4 nitrogen and oxygen atoms in total. The summed E-state index contributed by atoms with van der Waals surface area (Å²) in [5.41, 5.74) is 4.68. The van der Waals surface area contributed by atoms with Crippen molar-refractivity contribution in [2.45, 2.75) is 71.6 Å². The molecule has 194 valence electrons. The molecule has 0 fully saturated rings. The van der Waals surface area contributed by atoms with E-state index >= 15 is 0 Å². The van der Waals surface area contributed by atoms with Crippen molar-refractivity contribution in [1.29, 1.82) is 0 Å². The number of imidazole rings is 1. The molecule has 0 radical (unpaired) electrons. The zero-order valence-corrected chi connectivity index (χ0v) is 22.7. The third kappa shape index (κ3) is 7.03. The number of nitrogens with zero attached hydrogens (tertiary/aromatic N) is 3. The maximum atomic E-state index is 9.93. The van der Waals surface area contributed by atoms with Crippen LogP contribution in [0.15, 0.2) is 85.1 Å². The van der Waals surface area contributed by atoms with Crippen LogP contribution in [0.2, 0.25) is 5.02 Å². The van der Waals surface area contributed by atoms with E-state index in [1.807, 2.05) is 6.07 Å². The number of phenolic OH excluding ortho intramolecular Hbond substituents is 1. The van der Waals surface area contributed by atoms with E-state index in [-0.39, 0.29) is 11.8 Å². The van der Waals surface area contributed by atoms with Crippen LogP contribution in [0.5, 0.6) is 5.75 Å².